The van der Waals surface area contributed by atoms with Gasteiger partial charge in [-0.05, 0) is 54.6 Å². The van der Waals surface area contributed by atoms with Gasteiger partial charge in [-0.2, -0.15) is 0 Å². The molecule has 7 heteroatoms. The van der Waals surface area contributed by atoms with Crippen molar-refractivity contribution in [3.63, 3.8) is 0 Å². The summed E-state index contributed by atoms with van der Waals surface area (Å²) >= 11 is 11.9. The van der Waals surface area contributed by atoms with Crippen LogP contribution < -0.4 is 14.8 Å². The molecule has 0 bridgehead atoms. The first kappa shape index (κ1) is 20.7. The molecule has 0 atom stereocenters. The average Bonchev–Trinajstić information content (AvgIpc) is 2.73. The van der Waals surface area contributed by atoms with Crippen molar-refractivity contribution in [1.29, 1.82) is 0 Å². The summed E-state index contributed by atoms with van der Waals surface area (Å²) < 4.78 is 10.6. The molecule has 3 rings (SSSR count). The van der Waals surface area contributed by atoms with Crippen LogP contribution in [0, 0.1) is 0 Å². The van der Waals surface area contributed by atoms with E-state index in [0.29, 0.717) is 33.3 Å². The Morgan fingerprint density at radius 2 is 1.69 bits per heavy atom. The number of anilines is 1. The molecule has 0 saturated carbocycles. The summed E-state index contributed by atoms with van der Waals surface area (Å²) in [4.78, 5) is 24.6. The van der Waals surface area contributed by atoms with Gasteiger partial charge in [-0.25, -0.2) is 0 Å². The average molecular weight is 430 g/mol. The quantitative estimate of drug-likeness (QED) is 0.502. The van der Waals surface area contributed by atoms with Gasteiger partial charge in [-0.3, -0.25) is 9.59 Å². The lowest BCUT2D eigenvalue weighted by Gasteiger charge is -2.09. The molecule has 0 aliphatic rings. The molecule has 0 aromatic heterocycles. The van der Waals surface area contributed by atoms with Crippen LogP contribution in [0.3, 0.4) is 0 Å². The third-order valence-corrected chi connectivity index (χ3v) is 4.60. The van der Waals surface area contributed by atoms with Crippen molar-refractivity contribution >= 4 is 40.6 Å². The van der Waals surface area contributed by atoms with Gasteiger partial charge >= 0.3 is 0 Å². The number of hydrogen-bond donors (Lipinski definition) is 1. The molecule has 0 unspecified atom stereocenters. The van der Waals surface area contributed by atoms with E-state index in [1.807, 2.05) is 0 Å². The van der Waals surface area contributed by atoms with E-state index < -0.39 is 0 Å². The van der Waals surface area contributed by atoms with E-state index in [4.69, 9.17) is 32.7 Å². The summed E-state index contributed by atoms with van der Waals surface area (Å²) in [5.41, 5.74) is 1.39. The fraction of sp³-hybridized carbons (Fsp3) is 0.0909. The molecule has 0 aliphatic carbocycles. The second kappa shape index (κ2) is 9.45. The van der Waals surface area contributed by atoms with Crippen LogP contribution in [0.4, 0.5) is 5.69 Å². The Morgan fingerprint density at radius 3 is 2.38 bits per heavy atom. The molecule has 29 heavy (non-hydrogen) atoms. The Kier molecular flexibility index (Phi) is 6.75. The number of carbonyl (C=O) groups excluding carboxylic acids is 2. The van der Waals surface area contributed by atoms with Crippen LogP contribution >= 0.6 is 23.2 Å². The number of carbonyl (C=O) groups is 2. The SMILES string of the molecule is COc1cccc(C(=O)COc2ccc(NC(=O)c3ccc(Cl)cc3Cl)cc2)c1. The Labute approximate surface area is 178 Å². The summed E-state index contributed by atoms with van der Waals surface area (Å²) in [5.74, 6) is 0.590. The van der Waals surface area contributed by atoms with Gasteiger partial charge in [0.2, 0.25) is 0 Å². The van der Waals surface area contributed by atoms with Crippen molar-refractivity contribution in [2.24, 2.45) is 0 Å². The highest BCUT2D eigenvalue weighted by atomic mass is 35.5. The number of methoxy groups -OCH3 is 1. The maximum Gasteiger partial charge on any atom is 0.257 e. The Morgan fingerprint density at radius 1 is 0.931 bits per heavy atom. The van der Waals surface area contributed by atoms with Gasteiger partial charge in [-0.15, -0.1) is 0 Å². The third kappa shape index (κ3) is 5.50. The molecule has 0 spiro atoms. The van der Waals surface area contributed by atoms with Gasteiger partial charge in [0, 0.05) is 16.3 Å². The van der Waals surface area contributed by atoms with Gasteiger partial charge in [0.15, 0.2) is 12.4 Å². The summed E-state index contributed by atoms with van der Waals surface area (Å²) in [5, 5.41) is 3.47. The monoisotopic (exact) mass is 429 g/mol. The van der Waals surface area contributed by atoms with E-state index in [1.54, 1.807) is 67.8 Å². The second-order valence-corrected chi connectivity index (χ2v) is 6.89. The molecule has 3 aromatic carbocycles. The van der Waals surface area contributed by atoms with Gasteiger partial charge in [-0.1, -0.05) is 35.3 Å². The van der Waals surface area contributed by atoms with Crippen LogP contribution in [0.25, 0.3) is 0 Å². The number of benzene rings is 3. The normalized spacial score (nSPS) is 10.3. The highest BCUT2D eigenvalue weighted by Gasteiger charge is 2.12. The number of amides is 1. The highest BCUT2D eigenvalue weighted by molar-refractivity contribution is 6.37. The van der Waals surface area contributed by atoms with Crippen molar-refractivity contribution in [2.45, 2.75) is 0 Å². The van der Waals surface area contributed by atoms with Crippen molar-refractivity contribution < 1.29 is 19.1 Å². The number of rotatable bonds is 7. The molecule has 148 valence electrons. The number of Topliss-reactive ketones (excluding diaryl/α,β-unsaturated/α-hetero) is 1. The summed E-state index contributed by atoms with van der Waals surface area (Å²) in [6.45, 7) is -0.112. The fourth-order valence-corrected chi connectivity index (χ4v) is 3.03. The Balaban J connectivity index is 1.58. The zero-order valence-corrected chi connectivity index (χ0v) is 17.0. The maximum absolute atomic E-state index is 12.3. The Hall–Kier alpha value is -3.02. The van der Waals surface area contributed by atoms with Crippen molar-refractivity contribution in [2.75, 3.05) is 19.0 Å². The lowest BCUT2D eigenvalue weighted by atomic mass is 10.1. The molecule has 0 radical (unpaired) electrons. The van der Waals surface area contributed by atoms with Crippen molar-refractivity contribution in [1.82, 2.24) is 0 Å². The standard InChI is InChI=1S/C22H17Cl2NO4/c1-28-18-4-2-3-14(11-18)21(26)13-29-17-8-6-16(7-9-17)25-22(27)19-10-5-15(23)12-20(19)24/h2-12H,13H2,1H3,(H,25,27). The van der Waals surface area contributed by atoms with E-state index in [-0.39, 0.29) is 23.3 Å². The lowest BCUT2D eigenvalue weighted by Crippen LogP contribution is -2.13. The molecule has 0 saturated heterocycles. The van der Waals surface area contributed by atoms with Crippen LogP contribution in [-0.4, -0.2) is 25.4 Å². The van der Waals surface area contributed by atoms with E-state index in [2.05, 4.69) is 5.32 Å². The van der Waals surface area contributed by atoms with E-state index in [1.165, 1.54) is 6.07 Å². The minimum absolute atomic E-state index is 0.112. The zero-order chi connectivity index (χ0) is 20.8. The number of ether oxygens (including phenoxy) is 2. The maximum atomic E-state index is 12.3. The first-order valence-corrected chi connectivity index (χ1v) is 9.38. The van der Waals surface area contributed by atoms with Gasteiger partial charge in [0.25, 0.3) is 5.91 Å². The summed E-state index contributed by atoms with van der Waals surface area (Å²) in [6, 6.07) is 18.2. The van der Waals surface area contributed by atoms with Gasteiger partial charge in [0.05, 0.1) is 17.7 Å². The molecule has 0 heterocycles. The minimum Gasteiger partial charge on any atom is -0.497 e. The van der Waals surface area contributed by atoms with E-state index >= 15 is 0 Å². The lowest BCUT2D eigenvalue weighted by molar-refractivity contribution is 0.0921. The van der Waals surface area contributed by atoms with Crippen LogP contribution in [-0.2, 0) is 0 Å². The topological polar surface area (TPSA) is 64.6 Å². The molecular formula is C22H17Cl2NO4. The molecule has 5 nitrogen and oxygen atoms in total. The fourth-order valence-electron chi connectivity index (χ4n) is 2.54. The smallest absolute Gasteiger partial charge is 0.257 e. The van der Waals surface area contributed by atoms with Gasteiger partial charge in [0.1, 0.15) is 11.5 Å². The van der Waals surface area contributed by atoms with Gasteiger partial charge < -0.3 is 14.8 Å². The molecular weight excluding hydrogens is 413 g/mol. The first-order valence-electron chi connectivity index (χ1n) is 8.63. The molecule has 0 aliphatic heterocycles. The second-order valence-electron chi connectivity index (χ2n) is 6.05. The Bertz CT molecular complexity index is 1040. The van der Waals surface area contributed by atoms with Crippen LogP contribution in [0.15, 0.2) is 66.7 Å². The molecule has 1 N–H and O–H groups in total. The predicted octanol–water partition coefficient (Wildman–Crippen LogP) is 5.52. The summed E-state index contributed by atoms with van der Waals surface area (Å²) in [6.07, 6.45) is 0. The number of nitrogens with one attached hydrogen (secondary N) is 1. The highest BCUT2D eigenvalue weighted by Crippen LogP contribution is 2.23. The largest absolute Gasteiger partial charge is 0.497 e. The molecule has 0 fully saturated rings. The number of ketones is 1. The molecule has 3 aromatic rings. The van der Waals surface area contributed by atoms with Crippen molar-refractivity contribution in [3.8, 4) is 11.5 Å². The zero-order valence-electron chi connectivity index (χ0n) is 15.4. The van der Waals surface area contributed by atoms with Crippen LogP contribution in [0.1, 0.15) is 20.7 Å². The van der Waals surface area contributed by atoms with Crippen LogP contribution in [0.2, 0.25) is 10.0 Å². The number of halogens is 2. The van der Waals surface area contributed by atoms with Crippen molar-refractivity contribution in [3.05, 3.63) is 87.9 Å². The third-order valence-electron chi connectivity index (χ3n) is 4.05. The summed E-state index contributed by atoms with van der Waals surface area (Å²) in [7, 11) is 1.54. The van der Waals surface area contributed by atoms with Crippen LogP contribution in [0.5, 0.6) is 11.5 Å². The van der Waals surface area contributed by atoms with E-state index in [9.17, 15) is 9.59 Å². The number of hydrogen-bond acceptors (Lipinski definition) is 4. The molecule has 1 amide bonds. The van der Waals surface area contributed by atoms with E-state index in [0.717, 1.165) is 0 Å². The predicted molar refractivity (Wildman–Crippen MR) is 114 cm³/mol. The minimum atomic E-state index is -0.353. The first-order chi connectivity index (χ1) is 14.0.